The number of hydrogen-bond donors (Lipinski definition) is 2. The molecule has 2 heterocycles. The average Bonchev–Trinajstić information content (AvgIpc) is 3.19. The van der Waals surface area contributed by atoms with Gasteiger partial charge in [0.1, 0.15) is 11.4 Å². The van der Waals surface area contributed by atoms with Gasteiger partial charge in [0.25, 0.3) is 0 Å². The number of methoxy groups -OCH3 is 1. The Morgan fingerprint density at radius 3 is 3.04 bits per heavy atom. The second-order valence-electron chi connectivity index (χ2n) is 5.83. The van der Waals surface area contributed by atoms with E-state index >= 15 is 0 Å². The summed E-state index contributed by atoms with van der Waals surface area (Å²) < 4.78 is 5.25. The van der Waals surface area contributed by atoms with Crippen molar-refractivity contribution >= 4 is 34.7 Å². The highest BCUT2D eigenvalue weighted by Gasteiger charge is 2.25. The van der Waals surface area contributed by atoms with Crippen molar-refractivity contribution < 1.29 is 4.74 Å². The fourth-order valence-electron chi connectivity index (χ4n) is 2.92. The minimum atomic E-state index is 0.148. The first-order valence-electron chi connectivity index (χ1n) is 7.78. The average molecular weight is 363 g/mol. The number of anilines is 2. The zero-order valence-corrected chi connectivity index (χ0v) is 15.0. The summed E-state index contributed by atoms with van der Waals surface area (Å²) in [5.41, 5.74) is 7.29. The zero-order valence-electron chi connectivity index (χ0n) is 13.4. The molecule has 0 amide bonds. The van der Waals surface area contributed by atoms with Crippen LogP contribution in [0.25, 0.3) is 0 Å². The Labute approximate surface area is 150 Å². The maximum atomic E-state index is 6.25. The summed E-state index contributed by atoms with van der Waals surface area (Å²) in [5, 5.41) is 7.69. The maximum Gasteiger partial charge on any atom is 0.223 e. The van der Waals surface area contributed by atoms with Crippen molar-refractivity contribution in [2.24, 2.45) is 5.92 Å². The molecule has 1 fully saturated rings. The Kier molecular flexibility index (Phi) is 5.56. The third kappa shape index (κ3) is 4.18. The first-order chi connectivity index (χ1) is 11.7. The predicted molar refractivity (Wildman–Crippen MR) is 98.4 cm³/mol. The molecule has 0 saturated heterocycles. The lowest BCUT2D eigenvalue weighted by molar-refractivity contribution is 0.154. The molecule has 1 saturated carbocycles. The molecular weight excluding hydrogens is 344 g/mol. The molecule has 7 heteroatoms. The van der Waals surface area contributed by atoms with Crippen LogP contribution >= 0.6 is 22.9 Å². The van der Waals surface area contributed by atoms with E-state index in [0.29, 0.717) is 23.3 Å². The van der Waals surface area contributed by atoms with E-state index in [9.17, 15) is 0 Å². The SMILES string of the molecule is COC[C@@H]1CC[C@H](Nc2nc(N)nc(Cl)c2C#Cc2ccsc2)C1. The summed E-state index contributed by atoms with van der Waals surface area (Å²) in [6, 6.07) is 2.28. The number of nitrogens with one attached hydrogen (secondary N) is 1. The van der Waals surface area contributed by atoms with Gasteiger partial charge < -0.3 is 15.8 Å². The second kappa shape index (κ2) is 7.84. The third-order valence-corrected chi connectivity index (χ3v) is 4.98. The number of hydrogen-bond acceptors (Lipinski definition) is 6. The maximum absolute atomic E-state index is 6.25. The Hall–Kier alpha value is -1.81. The Morgan fingerprint density at radius 1 is 1.42 bits per heavy atom. The molecule has 0 aliphatic heterocycles. The van der Waals surface area contributed by atoms with Crippen molar-refractivity contribution in [2.45, 2.75) is 25.3 Å². The van der Waals surface area contributed by atoms with Crippen molar-refractivity contribution in [1.29, 1.82) is 0 Å². The summed E-state index contributed by atoms with van der Waals surface area (Å²) in [6.45, 7) is 0.787. The zero-order chi connectivity index (χ0) is 16.9. The smallest absolute Gasteiger partial charge is 0.223 e. The second-order valence-corrected chi connectivity index (χ2v) is 6.97. The van der Waals surface area contributed by atoms with Gasteiger partial charge >= 0.3 is 0 Å². The monoisotopic (exact) mass is 362 g/mol. The standard InChI is InChI=1S/C17H19ClN4OS/c1-23-9-12-2-4-13(8-12)20-16-14(15(18)21-17(19)22-16)5-3-11-6-7-24-10-11/h6-7,10,12-13H,2,4,8-9H2,1H3,(H3,19,20,21,22)/t12-,13+/m1/s1. The minimum Gasteiger partial charge on any atom is -0.384 e. The minimum absolute atomic E-state index is 0.148. The van der Waals surface area contributed by atoms with Crippen molar-refractivity contribution in [3.8, 4) is 11.8 Å². The van der Waals surface area contributed by atoms with Crippen molar-refractivity contribution in [1.82, 2.24) is 9.97 Å². The summed E-state index contributed by atoms with van der Waals surface area (Å²) in [4.78, 5) is 8.33. The van der Waals surface area contributed by atoms with Gasteiger partial charge in [0.2, 0.25) is 5.95 Å². The van der Waals surface area contributed by atoms with Gasteiger partial charge in [-0.1, -0.05) is 23.4 Å². The molecule has 2 aromatic heterocycles. The van der Waals surface area contributed by atoms with Crippen LogP contribution < -0.4 is 11.1 Å². The van der Waals surface area contributed by atoms with Crippen LogP contribution in [0, 0.1) is 17.8 Å². The lowest BCUT2D eigenvalue weighted by Crippen LogP contribution is -2.19. The molecule has 1 aliphatic rings. The van der Waals surface area contributed by atoms with E-state index in [1.807, 2.05) is 16.8 Å². The molecule has 3 rings (SSSR count). The highest BCUT2D eigenvalue weighted by Crippen LogP contribution is 2.30. The summed E-state index contributed by atoms with van der Waals surface area (Å²) >= 11 is 7.85. The molecule has 3 N–H and O–H groups in total. The van der Waals surface area contributed by atoms with E-state index in [0.717, 1.165) is 31.4 Å². The fraction of sp³-hybridized carbons (Fsp3) is 0.412. The number of aromatic nitrogens is 2. The van der Waals surface area contributed by atoms with Crippen LogP contribution in [-0.2, 0) is 4.74 Å². The first kappa shape index (κ1) is 17.0. The Balaban J connectivity index is 1.82. The quantitative estimate of drug-likeness (QED) is 0.644. The van der Waals surface area contributed by atoms with Gasteiger partial charge in [-0.25, -0.2) is 0 Å². The van der Waals surface area contributed by atoms with E-state index in [4.69, 9.17) is 22.1 Å². The van der Waals surface area contributed by atoms with Crippen LogP contribution in [0.3, 0.4) is 0 Å². The molecule has 126 valence electrons. The molecule has 0 aromatic carbocycles. The Morgan fingerprint density at radius 2 is 2.29 bits per heavy atom. The number of nitrogen functional groups attached to an aromatic ring is 1. The van der Waals surface area contributed by atoms with E-state index in [1.54, 1.807) is 18.4 Å². The van der Waals surface area contributed by atoms with Crippen LogP contribution in [0.15, 0.2) is 16.8 Å². The van der Waals surface area contributed by atoms with Crippen molar-refractivity contribution in [3.63, 3.8) is 0 Å². The molecule has 0 bridgehead atoms. The topological polar surface area (TPSA) is 73.1 Å². The molecule has 24 heavy (non-hydrogen) atoms. The normalized spacial score (nSPS) is 19.8. The number of nitrogens with zero attached hydrogens (tertiary/aromatic N) is 2. The molecule has 1 aliphatic carbocycles. The lowest BCUT2D eigenvalue weighted by Gasteiger charge is -2.15. The van der Waals surface area contributed by atoms with Crippen LogP contribution in [0.4, 0.5) is 11.8 Å². The van der Waals surface area contributed by atoms with Gasteiger partial charge in [0, 0.05) is 30.7 Å². The summed E-state index contributed by atoms with van der Waals surface area (Å²) in [6.07, 6.45) is 3.23. The van der Waals surface area contributed by atoms with E-state index in [1.165, 1.54) is 0 Å². The first-order valence-corrected chi connectivity index (χ1v) is 9.10. The fourth-order valence-corrected chi connectivity index (χ4v) is 3.73. The lowest BCUT2D eigenvalue weighted by atomic mass is 10.1. The van der Waals surface area contributed by atoms with E-state index in [-0.39, 0.29) is 11.1 Å². The van der Waals surface area contributed by atoms with Gasteiger partial charge in [-0.15, -0.1) is 0 Å². The molecular formula is C17H19ClN4OS. The third-order valence-electron chi connectivity index (χ3n) is 4.02. The number of rotatable bonds is 4. The number of nitrogens with two attached hydrogens (primary N) is 1. The van der Waals surface area contributed by atoms with Gasteiger partial charge in [-0.2, -0.15) is 21.3 Å². The molecule has 0 unspecified atom stereocenters. The van der Waals surface area contributed by atoms with Crippen LogP contribution in [0.2, 0.25) is 5.15 Å². The van der Waals surface area contributed by atoms with Gasteiger partial charge in [0.15, 0.2) is 5.15 Å². The molecule has 2 atom stereocenters. The predicted octanol–water partition coefficient (Wildman–Crippen LogP) is 3.40. The van der Waals surface area contributed by atoms with Crippen molar-refractivity contribution in [3.05, 3.63) is 33.1 Å². The Bertz CT molecular complexity index is 754. The number of ether oxygens (including phenoxy) is 1. The summed E-state index contributed by atoms with van der Waals surface area (Å²) in [5.74, 6) is 7.50. The molecule has 2 aromatic rings. The highest BCUT2D eigenvalue weighted by atomic mass is 35.5. The van der Waals surface area contributed by atoms with Crippen molar-refractivity contribution in [2.75, 3.05) is 24.8 Å². The van der Waals surface area contributed by atoms with Gasteiger partial charge in [-0.3, -0.25) is 0 Å². The van der Waals surface area contributed by atoms with Crippen LogP contribution in [-0.4, -0.2) is 29.7 Å². The van der Waals surface area contributed by atoms with E-state index in [2.05, 4.69) is 27.1 Å². The van der Waals surface area contributed by atoms with Crippen LogP contribution in [0.5, 0.6) is 0 Å². The summed E-state index contributed by atoms with van der Waals surface area (Å²) in [7, 11) is 1.74. The largest absolute Gasteiger partial charge is 0.384 e. The van der Waals surface area contributed by atoms with Gasteiger partial charge in [-0.05, 0) is 36.6 Å². The van der Waals surface area contributed by atoms with Crippen LogP contribution in [0.1, 0.15) is 30.4 Å². The molecule has 0 radical (unpaired) electrons. The molecule has 5 nitrogen and oxygen atoms in total. The van der Waals surface area contributed by atoms with E-state index < -0.39 is 0 Å². The number of thiophene rings is 1. The van der Waals surface area contributed by atoms with Gasteiger partial charge in [0.05, 0.1) is 0 Å². The number of halogens is 1. The molecule has 0 spiro atoms. The highest BCUT2D eigenvalue weighted by molar-refractivity contribution is 7.08.